The lowest BCUT2D eigenvalue weighted by atomic mass is 10.0. The molecule has 0 aromatic carbocycles. The van der Waals surface area contributed by atoms with E-state index < -0.39 is 97.5 Å². The van der Waals surface area contributed by atoms with Crippen molar-refractivity contribution in [2.24, 2.45) is 11.8 Å². The topological polar surface area (TPSA) is 237 Å². The summed E-state index contributed by atoms with van der Waals surface area (Å²) in [5.74, 6) is -0.515. The van der Waals surface area contributed by atoms with E-state index in [1.54, 1.807) is 0 Å². The molecule has 5 atom stereocenters. The molecule has 2 unspecified atom stereocenters. The van der Waals surface area contributed by atoms with Crippen molar-refractivity contribution in [1.29, 1.82) is 0 Å². The molecule has 0 spiro atoms. The third-order valence-corrected chi connectivity index (χ3v) is 20.7. The first-order valence-corrected chi connectivity index (χ1v) is 45.3. The van der Waals surface area contributed by atoms with Gasteiger partial charge in [-0.1, -0.05) is 361 Å². The fourth-order valence-corrected chi connectivity index (χ4v) is 13.9. The predicted octanol–water partition coefficient (Wildman–Crippen LogP) is 24.6. The molecule has 0 aliphatic carbocycles. The maximum absolute atomic E-state index is 13.1. The molecular formula is C83H158O17P2. The standard InChI is InChI=1S/C83H158O17P2/c1-7-9-11-13-15-17-18-19-25-33-38-43-49-55-61-67-82(87)99-78(71-93-80(85)65-59-53-47-16-14-12-10-8-2)73-97-101(89,90)95-69-77(84)70-96-102(91,92)98-74-79(72-94-81(86)66-60-54-48-42-37-32-29-24-27-31-36-41-46-52-58-64-76(5)6)100-83(88)68-62-56-50-44-39-34-28-23-21-20-22-26-30-35-40-45-51-57-63-75(3)4/h17-19,25,75-79,84H,7-16,20-24,26-74H2,1-6H3,(H,89,90)(H,91,92)/b18-17-,25-19-/t77-,78+,79+/m0/s1. The van der Waals surface area contributed by atoms with Crippen molar-refractivity contribution < 1.29 is 80.2 Å². The van der Waals surface area contributed by atoms with Gasteiger partial charge in [-0.15, -0.1) is 0 Å². The Morgan fingerprint density at radius 2 is 0.529 bits per heavy atom. The SMILES string of the molecule is CCCCCC/C=C\C=C/CCCCCCCC(=O)O[C@H](COC(=O)CCCCCCCCCC)COP(=O)(O)OC[C@H](O)COP(=O)(O)OC[C@@H](COC(=O)CCCCCCCCCCCCCCCCCC(C)C)OC(=O)CCCCCCCCCCCCCCCCCCCCC(C)C. The Bertz CT molecular complexity index is 2050. The largest absolute Gasteiger partial charge is 0.472 e. The molecule has 19 heteroatoms. The maximum Gasteiger partial charge on any atom is 0.472 e. The number of hydrogen-bond acceptors (Lipinski definition) is 15. The van der Waals surface area contributed by atoms with Crippen LogP contribution in [0.25, 0.3) is 0 Å². The zero-order valence-corrected chi connectivity index (χ0v) is 68.2. The number of aliphatic hydroxyl groups excluding tert-OH is 1. The van der Waals surface area contributed by atoms with Gasteiger partial charge in [0.15, 0.2) is 12.2 Å². The lowest BCUT2D eigenvalue weighted by Crippen LogP contribution is -2.30. The van der Waals surface area contributed by atoms with Gasteiger partial charge >= 0.3 is 39.5 Å². The third-order valence-electron chi connectivity index (χ3n) is 18.8. The van der Waals surface area contributed by atoms with Gasteiger partial charge in [0.1, 0.15) is 19.3 Å². The van der Waals surface area contributed by atoms with E-state index in [-0.39, 0.29) is 25.7 Å². The minimum atomic E-state index is -4.97. The molecule has 0 fully saturated rings. The van der Waals surface area contributed by atoms with E-state index >= 15 is 0 Å². The summed E-state index contributed by atoms with van der Waals surface area (Å²) in [6, 6.07) is 0. The highest BCUT2D eigenvalue weighted by molar-refractivity contribution is 7.47. The number of ether oxygens (including phenoxy) is 4. The van der Waals surface area contributed by atoms with Gasteiger partial charge in [-0.25, -0.2) is 9.13 Å². The van der Waals surface area contributed by atoms with Crippen LogP contribution in [0, 0.1) is 11.8 Å². The van der Waals surface area contributed by atoms with E-state index in [4.69, 9.17) is 37.0 Å². The number of rotatable bonds is 80. The zero-order chi connectivity index (χ0) is 74.9. The number of hydrogen-bond donors (Lipinski definition) is 3. The first-order valence-electron chi connectivity index (χ1n) is 42.3. The number of aliphatic hydroxyl groups is 1. The lowest BCUT2D eigenvalue weighted by Gasteiger charge is -2.21. The van der Waals surface area contributed by atoms with Crippen LogP contribution in [0.1, 0.15) is 414 Å². The molecule has 0 saturated carbocycles. The first kappa shape index (κ1) is 99.5. The van der Waals surface area contributed by atoms with Crippen LogP contribution in [0.4, 0.5) is 0 Å². The Morgan fingerprint density at radius 1 is 0.304 bits per heavy atom. The number of allylic oxidation sites excluding steroid dienone is 4. The molecule has 102 heavy (non-hydrogen) atoms. The summed E-state index contributed by atoms with van der Waals surface area (Å²) in [5.41, 5.74) is 0. The Kier molecular flexibility index (Phi) is 72.2. The second kappa shape index (κ2) is 74.0. The van der Waals surface area contributed by atoms with Gasteiger partial charge in [0.2, 0.25) is 0 Å². The summed E-state index contributed by atoms with van der Waals surface area (Å²) < 4.78 is 68.6. The number of unbranched alkanes of at least 4 members (excludes halogenated alkanes) is 47. The first-order chi connectivity index (χ1) is 49.4. The average molecular weight is 1490 g/mol. The Hall–Kier alpha value is -2.46. The van der Waals surface area contributed by atoms with E-state index in [0.29, 0.717) is 25.7 Å². The molecule has 0 aliphatic rings. The molecule has 17 nitrogen and oxygen atoms in total. The van der Waals surface area contributed by atoms with E-state index in [2.05, 4.69) is 65.8 Å². The lowest BCUT2D eigenvalue weighted by molar-refractivity contribution is -0.161. The normalized spacial score (nSPS) is 14.0. The predicted molar refractivity (Wildman–Crippen MR) is 418 cm³/mol. The third kappa shape index (κ3) is 75.8. The maximum atomic E-state index is 13.1. The monoisotopic (exact) mass is 1490 g/mol. The number of carbonyl (C=O) groups excluding carboxylic acids is 4. The molecule has 0 rings (SSSR count). The summed E-state index contributed by atoms with van der Waals surface area (Å²) in [5, 5.41) is 10.6. The van der Waals surface area contributed by atoms with Gasteiger partial charge in [0.05, 0.1) is 26.4 Å². The number of phosphoric ester groups is 2. The van der Waals surface area contributed by atoms with Crippen LogP contribution in [0.5, 0.6) is 0 Å². The Labute approximate surface area is 624 Å². The van der Waals surface area contributed by atoms with Crippen LogP contribution in [0.15, 0.2) is 24.3 Å². The highest BCUT2D eigenvalue weighted by Crippen LogP contribution is 2.45. The minimum Gasteiger partial charge on any atom is -0.462 e. The molecule has 0 aromatic rings. The van der Waals surface area contributed by atoms with E-state index in [9.17, 15) is 43.2 Å². The van der Waals surface area contributed by atoms with Crippen LogP contribution in [0.2, 0.25) is 0 Å². The van der Waals surface area contributed by atoms with Crippen molar-refractivity contribution in [3.8, 4) is 0 Å². The zero-order valence-electron chi connectivity index (χ0n) is 66.4. The van der Waals surface area contributed by atoms with Crippen LogP contribution < -0.4 is 0 Å². The van der Waals surface area contributed by atoms with Crippen LogP contribution in [0.3, 0.4) is 0 Å². The summed E-state index contributed by atoms with van der Waals surface area (Å²) in [6.07, 6.45) is 67.5. The van der Waals surface area contributed by atoms with Crippen molar-refractivity contribution in [3.63, 3.8) is 0 Å². The molecular weight excluding hydrogens is 1330 g/mol. The molecule has 0 radical (unpaired) electrons. The summed E-state index contributed by atoms with van der Waals surface area (Å²) in [7, 11) is -9.93. The van der Waals surface area contributed by atoms with Gasteiger partial charge in [-0.3, -0.25) is 37.3 Å². The number of esters is 4. The highest BCUT2D eigenvalue weighted by atomic mass is 31.2. The van der Waals surface area contributed by atoms with E-state index in [1.165, 1.54) is 212 Å². The van der Waals surface area contributed by atoms with Crippen LogP contribution >= 0.6 is 15.6 Å². The van der Waals surface area contributed by atoms with Gasteiger partial charge in [0.25, 0.3) is 0 Å². The number of phosphoric acid groups is 2. The fraction of sp³-hybridized carbons (Fsp3) is 0.904. The van der Waals surface area contributed by atoms with Gasteiger partial charge in [-0.05, 0) is 63.2 Å². The summed E-state index contributed by atoms with van der Waals surface area (Å²) in [6.45, 7) is 9.61. The Balaban J connectivity index is 5.22. The molecule has 0 heterocycles. The molecule has 0 aliphatic heterocycles. The van der Waals surface area contributed by atoms with Gasteiger partial charge in [0, 0.05) is 25.7 Å². The van der Waals surface area contributed by atoms with Crippen molar-refractivity contribution >= 4 is 39.5 Å². The second-order valence-electron chi connectivity index (χ2n) is 30.1. The smallest absolute Gasteiger partial charge is 0.462 e. The van der Waals surface area contributed by atoms with Crippen LogP contribution in [-0.2, 0) is 65.4 Å². The molecule has 602 valence electrons. The van der Waals surface area contributed by atoms with Crippen LogP contribution in [-0.4, -0.2) is 96.7 Å². The average Bonchev–Trinajstić information content (AvgIpc) is 0.934. The van der Waals surface area contributed by atoms with E-state index in [1.807, 2.05) is 0 Å². The second-order valence-corrected chi connectivity index (χ2v) is 33.0. The quantitative estimate of drug-likeness (QED) is 0.0169. The van der Waals surface area contributed by atoms with Crippen molar-refractivity contribution in [2.45, 2.75) is 432 Å². The minimum absolute atomic E-state index is 0.0850. The molecule has 0 saturated heterocycles. The van der Waals surface area contributed by atoms with Gasteiger partial charge in [-0.2, -0.15) is 0 Å². The molecule has 0 aromatic heterocycles. The summed E-state index contributed by atoms with van der Waals surface area (Å²) >= 11 is 0. The Morgan fingerprint density at radius 3 is 0.804 bits per heavy atom. The van der Waals surface area contributed by atoms with Crippen molar-refractivity contribution in [2.75, 3.05) is 39.6 Å². The number of carbonyl (C=O) groups is 4. The van der Waals surface area contributed by atoms with E-state index in [0.717, 1.165) is 121 Å². The van der Waals surface area contributed by atoms with Gasteiger partial charge < -0.3 is 33.8 Å². The highest BCUT2D eigenvalue weighted by Gasteiger charge is 2.30. The van der Waals surface area contributed by atoms with Crippen molar-refractivity contribution in [3.05, 3.63) is 24.3 Å². The van der Waals surface area contributed by atoms with Crippen molar-refractivity contribution in [1.82, 2.24) is 0 Å². The molecule has 3 N–H and O–H groups in total. The fourth-order valence-electron chi connectivity index (χ4n) is 12.3. The summed E-state index contributed by atoms with van der Waals surface area (Å²) in [4.78, 5) is 73.0. The molecule has 0 amide bonds. The molecule has 0 bridgehead atoms.